The molecule has 0 unspecified atom stereocenters. The van der Waals surface area contributed by atoms with Crippen molar-refractivity contribution in [2.75, 3.05) is 20.3 Å². The highest BCUT2D eigenvalue weighted by Crippen LogP contribution is 2.37. The van der Waals surface area contributed by atoms with Gasteiger partial charge in [0.1, 0.15) is 5.41 Å². The minimum absolute atomic E-state index is 0.228. The van der Waals surface area contributed by atoms with Crippen molar-refractivity contribution in [3.8, 4) is 0 Å². The van der Waals surface area contributed by atoms with Gasteiger partial charge in [-0.1, -0.05) is 18.2 Å². The zero-order valence-corrected chi connectivity index (χ0v) is 9.53. The summed E-state index contributed by atoms with van der Waals surface area (Å²) in [4.78, 5) is 15.1. The molecule has 17 heavy (non-hydrogen) atoms. The number of rotatable bonds is 2. The van der Waals surface area contributed by atoms with E-state index in [0.717, 1.165) is 16.5 Å². The number of aromatic nitrogens is 1. The van der Waals surface area contributed by atoms with Gasteiger partial charge in [0.2, 0.25) is 0 Å². The molecule has 1 fully saturated rings. The second-order valence-electron chi connectivity index (χ2n) is 4.31. The first-order chi connectivity index (χ1) is 8.28. The fourth-order valence-electron chi connectivity index (χ4n) is 2.35. The van der Waals surface area contributed by atoms with Gasteiger partial charge in [0, 0.05) is 17.1 Å². The SMILES string of the molecule is COC(=O)C1(c2c[nH]c3ccccc23)COC1. The lowest BCUT2D eigenvalue weighted by Gasteiger charge is -2.38. The highest BCUT2D eigenvalue weighted by atomic mass is 16.5. The maximum absolute atomic E-state index is 11.9. The number of methoxy groups -OCH3 is 1. The Morgan fingerprint density at radius 3 is 2.82 bits per heavy atom. The molecule has 2 heterocycles. The monoisotopic (exact) mass is 231 g/mol. The summed E-state index contributed by atoms with van der Waals surface area (Å²) in [5, 5.41) is 1.06. The molecule has 1 saturated heterocycles. The molecule has 0 bridgehead atoms. The molecule has 4 heteroatoms. The van der Waals surface area contributed by atoms with Gasteiger partial charge in [0.05, 0.1) is 20.3 Å². The van der Waals surface area contributed by atoms with Crippen molar-refractivity contribution in [2.24, 2.45) is 0 Å². The molecule has 88 valence electrons. The van der Waals surface area contributed by atoms with Crippen LogP contribution in [0, 0.1) is 0 Å². The van der Waals surface area contributed by atoms with E-state index in [9.17, 15) is 4.79 Å². The summed E-state index contributed by atoms with van der Waals surface area (Å²) >= 11 is 0. The molecule has 1 aromatic heterocycles. The Morgan fingerprint density at radius 2 is 2.18 bits per heavy atom. The normalized spacial score (nSPS) is 17.7. The van der Waals surface area contributed by atoms with Crippen LogP contribution in [0.4, 0.5) is 0 Å². The topological polar surface area (TPSA) is 51.3 Å². The van der Waals surface area contributed by atoms with Crippen LogP contribution in [0.25, 0.3) is 10.9 Å². The van der Waals surface area contributed by atoms with E-state index in [-0.39, 0.29) is 5.97 Å². The van der Waals surface area contributed by atoms with Gasteiger partial charge in [-0.25, -0.2) is 0 Å². The summed E-state index contributed by atoms with van der Waals surface area (Å²) in [5.41, 5.74) is 1.36. The maximum Gasteiger partial charge on any atom is 0.321 e. The van der Waals surface area contributed by atoms with E-state index in [1.165, 1.54) is 7.11 Å². The molecule has 0 atom stereocenters. The molecule has 0 aliphatic carbocycles. The summed E-state index contributed by atoms with van der Waals surface area (Å²) in [6.45, 7) is 0.781. The Balaban J connectivity index is 2.17. The van der Waals surface area contributed by atoms with Crippen LogP contribution < -0.4 is 0 Å². The van der Waals surface area contributed by atoms with E-state index in [4.69, 9.17) is 9.47 Å². The Hall–Kier alpha value is -1.81. The van der Waals surface area contributed by atoms with E-state index in [2.05, 4.69) is 4.98 Å². The molecule has 1 aliphatic rings. The Morgan fingerprint density at radius 1 is 1.41 bits per heavy atom. The third-order valence-electron chi connectivity index (χ3n) is 3.38. The number of fused-ring (bicyclic) bond motifs is 1. The molecule has 0 amide bonds. The first-order valence-corrected chi connectivity index (χ1v) is 5.51. The van der Waals surface area contributed by atoms with Gasteiger partial charge in [-0.3, -0.25) is 4.79 Å². The quantitative estimate of drug-likeness (QED) is 0.799. The number of para-hydroxylation sites is 1. The van der Waals surface area contributed by atoms with E-state index < -0.39 is 5.41 Å². The molecule has 2 aromatic rings. The van der Waals surface area contributed by atoms with Crippen LogP contribution in [0.2, 0.25) is 0 Å². The van der Waals surface area contributed by atoms with Crippen LogP contribution in [0.5, 0.6) is 0 Å². The molecular formula is C13H13NO3. The van der Waals surface area contributed by atoms with Gasteiger partial charge < -0.3 is 14.5 Å². The molecule has 4 nitrogen and oxygen atoms in total. The van der Waals surface area contributed by atoms with Crippen molar-refractivity contribution < 1.29 is 14.3 Å². The number of nitrogens with one attached hydrogen (secondary N) is 1. The number of hydrogen-bond acceptors (Lipinski definition) is 3. The summed E-state index contributed by atoms with van der Waals surface area (Å²) in [6.07, 6.45) is 1.88. The van der Waals surface area contributed by atoms with Crippen LogP contribution in [-0.2, 0) is 19.7 Å². The van der Waals surface area contributed by atoms with Crippen LogP contribution in [0.1, 0.15) is 5.56 Å². The van der Waals surface area contributed by atoms with Gasteiger partial charge in [0.15, 0.2) is 0 Å². The van der Waals surface area contributed by atoms with Gasteiger partial charge in [-0.15, -0.1) is 0 Å². The van der Waals surface area contributed by atoms with E-state index in [1.54, 1.807) is 0 Å². The largest absolute Gasteiger partial charge is 0.468 e. The summed E-state index contributed by atoms with van der Waals surface area (Å²) < 4.78 is 10.1. The molecule has 0 saturated carbocycles. The lowest BCUT2D eigenvalue weighted by atomic mass is 9.78. The van der Waals surface area contributed by atoms with Crippen LogP contribution >= 0.6 is 0 Å². The van der Waals surface area contributed by atoms with Gasteiger partial charge in [-0.2, -0.15) is 0 Å². The maximum atomic E-state index is 11.9. The lowest BCUT2D eigenvalue weighted by molar-refractivity contribution is -0.166. The molecular weight excluding hydrogens is 218 g/mol. The highest BCUT2D eigenvalue weighted by molar-refractivity contribution is 5.93. The second-order valence-corrected chi connectivity index (χ2v) is 4.31. The van der Waals surface area contributed by atoms with Crippen LogP contribution in [0.3, 0.4) is 0 Å². The predicted octanol–water partition coefficient (Wildman–Crippen LogP) is 1.61. The molecule has 3 rings (SSSR count). The molecule has 0 radical (unpaired) electrons. The first kappa shape index (κ1) is 10.4. The minimum Gasteiger partial charge on any atom is -0.468 e. The molecule has 1 aliphatic heterocycles. The van der Waals surface area contributed by atoms with E-state index in [1.807, 2.05) is 30.5 Å². The molecule has 1 aromatic carbocycles. The summed E-state index contributed by atoms with van der Waals surface area (Å²) in [5.74, 6) is -0.228. The average molecular weight is 231 g/mol. The minimum atomic E-state index is -0.631. The van der Waals surface area contributed by atoms with Crippen molar-refractivity contribution in [1.29, 1.82) is 0 Å². The zero-order chi connectivity index (χ0) is 11.9. The number of H-pyrrole nitrogens is 1. The smallest absolute Gasteiger partial charge is 0.321 e. The Bertz CT molecular complexity index is 569. The Kier molecular flexibility index (Phi) is 2.19. The number of aromatic amines is 1. The molecule has 0 spiro atoms. The number of benzene rings is 1. The zero-order valence-electron chi connectivity index (χ0n) is 9.53. The fraction of sp³-hybridized carbons (Fsp3) is 0.308. The number of ether oxygens (including phenoxy) is 2. The third-order valence-corrected chi connectivity index (χ3v) is 3.38. The van der Waals surface area contributed by atoms with Gasteiger partial charge in [-0.05, 0) is 11.6 Å². The second kappa shape index (κ2) is 3.60. The van der Waals surface area contributed by atoms with Crippen LogP contribution in [0.15, 0.2) is 30.5 Å². The van der Waals surface area contributed by atoms with Crippen LogP contribution in [-0.4, -0.2) is 31.3 Å². The lowest BCUT2D eigenvalue weighted by Crippen LogP contribution is -2.53. The number of hydrogen-bond donors (Lipinski definition) is 1. The summed E-state index contributed by atoms with van der Waals surface area (Å²) in [6, 6.07) is 7.92. The van der Waals surface area contributed by atoms with E-state index in [0.29, 0.717) is 13.2 Å². The van der Waals surface area contributed by atoms with E-state index >= 15 is 0 Å². The number of carbonyl (C=O) groups excluding carboxylic acids is 1. The van der Waals surface area contributed by atoms with Crippen molar-refractivity contribution in [3.63, 3.8) is 0 Å². The number of esters is 1. The standard InChI is InChI=1S/C13H13NO3/c1-16-12(15)13(7-17-8-13)10-6-14-11-5-3-2-4-9(10)11/h2-6,14H,7-8H2,1H3. The third kappa shape index (κ3) is 1.31. The first-order valence-electron chi connectivity index (χ1n) is 5.51. The van der Waals surface area contributed by atoms with Gasteiger partial charge >= 0.3 is 5.97 Å². The van der Waals surface area contributed by atoms with Crippen molar-refractivity contribution in [3.05, 3.63) is 36.0 Å². The predicted molar refractivity (Wildman–Crippen MR) is 62.8 cm³/mol. The van der Waals surface area contributed by atoms with Crippen molar-refractivity contribution >= 4 is 16.9 Å². The summed E-state index contributed by atoms with van der Waals surface area (Å²) in [7, 11) is 1.41. The Labute approximate surface area is 98.5 Å². The fourth-order valence-corrected chi connectivity index (χ4v) is 2.35. The molecule has 1 N–H and O–H groups in total. The van der Waals surface area contributed by atoms with Crippen molar-refractivity contribution in [2.45, 2.75) is 5.41 Å². The van der Waals surface area contributed by atoms with Gasteiger partial charge in [0.25, 0.3) is 0 Å². The highest BCUT2D eigenvalue weighted by Gasteiger charge is 2.50. The number of carbonyl (C=O) groups is 1. The van der Waals surface area contributed by atoms with Crippen molar-refractivity contribution in [1.82, 2.24) is 4.98 Å². The average Bonchev–Trinajstić information content (AvgIpc) is 2.72.